The van der Waals surface area contributed by atoms with Gasteiger partial charge in [0.25, 0.3) is 10.2 Å². The lowest BCUT2D eigenvalue weighted by Gasteiger charge is -2.54. The number of nitrogens with zero attached hydrogens (tertiary/aromatic N) is 4. The van der Waals surface area contributed by atoms with Crippen molar-refractivity contribution in [3.8, 4) is 0 Å². The van der Waals surface area contributed by atoms with Gasteiger partial charge in [0, 0.05) is 111 Å². The van der Waals surface area contributed by atoms with Crippen molar-refractivity contribution in [2.45, 2.75) is 491 Å². The molecule has 0 bridgehead atoms. The number of hydrogen-bond acceptors (Lipinski definition) is 17. The minimum absolute atomic E-state index is 0.00757. The molecule has 8 N–H and O–H groups in total. The van der Waals surface area contributed by atoms with E-state index in [1.54, 1.807) is 40.4 Å². The molecule has 4 spiro atoms. The number of nitrogens with two attached hydrogens (primary N) is 1. The van der Waals surface area contributed by atoms with Crippen LogP contribution in [-0.4, -0.2) is 174 Å². The standard InChI is InChI=1S/C35H56N2O3.C31H48N4O.C30H48N2O2.C28H47N3O3S.CO2/c1-21-16-30-31(37(20-21)15-14-36-32(39)33(4,5)6)23(3)35(40-30)13-11-26-27-9-8-24-17-25(38)10-12-34(24,7)29(27)18-28(26)22(2)19-35;1-18-12-28-29(32-16-18)21(4)31(36-28)11-9-24-25-7-6-22-13-23(35-17-20(3)33-34-35)8-10-30(22,5)27(25)14-26(24)19(2)15-31;1-17-12-27-28(31-16-17)19(3)30(34-27)11-9-23-24-7-6-21-13-22(32-20(4)33)8-10-29(21,5)26(24)14-25(23)18(2)15-30;1-16-11-25-26(30-15-16)18(3)28(34-25)10-8-21-22-6-5-19-12-20(31-35(29,32)33)7-9-27(19,4)24(22)13-23(21)17(2)14-28;2-1-3/h21,23-24,26-27,29-31H,8-20H2,1-7H3,(H,36,39);17-18,21-25,27-29,32H,6-16H2,1-5H3;17,19,21-24,26-28,31H,6-16H2,1-5H3,(H,32,33);16,18-22,24-26,30-31H,5-15H2,1-4H3,(H2,29,32,33);/t21-,23+,24+,26-,27-,29-,30+,31-,34-,35-;18-,21+,22+,23-,24-,25-,27-,28+,29-,30-,31-;17-,19+,21+,22-,23-,24-,26-,27+,28-,29-,30-;16-,18+,19+,20+,21-,22-,24-,25+,26-,27-,28-;/m0000./s1. The number of aromatic nitrogens is 3. The first-order valence-corrected chi connectivity index (χ1v) is 62.9. The van der Waals surface area contributed by atoms with Crippen LogP contribution in [0.15, 0.2) is 50.8 Å². The molecule has 8 saturated heterocycles. The summed E-state index contributed by atoms with van der Waals surface area (Å²) >= 11 is 0. The first-order valence-electron chi connectivity index (χ1n) is 61.3. The number of amides is 2. The fraction of sp³-hybridized carbons (Fsp3) is 0.888. The second-order valence-corrected chi connectivity index (χ2v) is 60.0. The van der Waals surface area contributed by atoms with Gasteiger partial charge in [0.1, 0.15) is 5.78 Å². The topological polar surface area (TPSA) is 289 Å². The Kier molecular flexibility index (Phi) is 30.6. The molecule has 43 atom stereocenters. The zero-order valence-corrected chi connectivity index (χ0v) is 96.4. The number of hydrogen-bond donors (Lipinski definition) is 7. The number of allylic oxidation sites excluding steroid dienone is 4. The van der Waals surface area contributed by atoms with Crippen LogP contribution in [0, 0.1) is 176 Å². The fourth-order valence-corrected chi connectivity index (χ4v) is 42.5. The summed E-state index contributed by atoms with van der Waals surface area (Å²) in [5, 5.41) is 32.1. The third kappa shape index (κ3) is 19.7. The molecule has 20 fully saturated rings. The van der Waals surface area contributed by atoms with Crippen LogP contribution in [-0.2, 0) is 53.1 Å². The van der Waals surface area contributed by atoms with Crippen molar-refractivity contribution in [2.24, 2.45) is 174 Å². The molecule has 2 amide bonds. The van der Waals surface area contributed by atoms with Crippen LogP contribution in [0.1, 0.15) is 407 Å². The molecule has 8 aliphatic heterocycles. The van der Waals surface area contributed by atoms with Crippen LogP contribution < -0.4 is 36.4 Å². The van der Waals surface area contributed by atoms with Gasteiger partial charge in [-0.25, -0.2) is 9.82 Å². The number of aryl methyl sites for hydroxylation is 1. The van der Waals surface area contributed by atoms with Gasteiger partial charge in [-0.15, -0.1) is 5.10 Å². The van der Waals surface area contributed by atoms with Crippen molar-refractivity contribution >= 4 is 34.0 Å². The summed E-state index contributed by atoms with van der Waals surface area (Å²) in [4.78, 5) is 55.4. The lowest BCUT2D eigenvalue weighted by atomic mass is 9.52. The van der Waals surface area contributed by atoms with Crippen molar-refractivity contribution in [1.82, 2.24) is 51.2 Å². The Bertz CT molecular complexity index is 5350. The zero-order chi connectivity index (χ0) is 105. The van der Waals surface area contributed by atoms with E-state index in [1.165, 1.54) is 193 Å². The third-order valence-corrected chi connectivity index (χ3v) is 50.3. The van der Waals surface area contributed by atoms with Crippen LogP contribution in [0.5, 0.6) is 0 Å². The summed E-state index contributed by atoms with van der Waals surface area (Å²) in [6.07, 6.45) is 52.7. The van der Waals surface area contributed by atoms with Crippen molar-refractivity contribution in [3.63, 3.8) is 0 Å². The van der Waals surface area contributed by atoms with Crippen molar-refractivity contribution in [3.05, 3.63) is 56.5 Å². The van der Waals surface area contributed by atoms with Crippen molar-refractivity contribution < 1.29 is 51.3 Å². The van der Waals surface area contributed by atoms with Crippen LogP contribution in [0.2, 0.25) is 0 Å². The van der Waals surface area contributed by atoms with Gasteiger partial charge in [0.05, 0.1) is 58.6 Å². The summed E-state index contributed by atoms with van der Waals surface area (Å²) in [6, 6.07) is 3.03. The van der Waals surface area contributed by atoms with Gasteiger partial charge in [-0.1, -0.05) is 154 Å². The van der Waals surface area contributed by atoms with Gasteiger partial charge in [0.2, 0.25) is 11.8 Å². The Morgan fingerprint density at radius 1 is 0.473 bits per heavy atom. The number of fused-ring (bicyclic) bond motifs is 24. The number of likely N-dealkylation sites (tertiary alicyclic amines) is 1. The van der Waals surface area contributed by atoms with Gasteiger partial charge in [-0.05, 0) is 438 Å². The molecule has 22 nitrogen and oxygen atoms in total. The SMILES string of the molecule is CC(=O)N[C@H]1CC[C@@]2(C)[C@H](CC[C@H]3[C@@H]4CC[C@@]5(CC(C)=C4C[C@@H]32)O[C@@H]2C[C@H](C)CN[C@H]2[C@H]5C)C1.CC1=C2C[C@H]3[C@@H](CC[C@@H]4CC(=O)CC[C@@]43C)[C@@H]2CC[C@@]2(C1)O[C@@H]1C[C@H](C)CN(CCNC(=O)C(C)(C)C)[C@H]1[C@H]2C.CC1=C2C[C@H]3[C@@H](CC[C@@H]4C[C@@H](n5cc(C)nn5)CC[C@@]43C)[C@@H]2CC[C@@]2(C1)O[C@@H]1C[C@H](C)CN[C@H]1[C@H]2C.CC1=C2C[C@H]3[C@@H](CC[C@@H]4C[C@H](NS(N)(=O)=O)CC[C@@]43C)[C@@H]2CC[C@@]2(C1)O[C@@H]1C[C@H](C)CN[C@H]1[C@H]2C.O=C=O. The molecule has 24 aliphatic rings. The van der Waals surface area contributed by atoms with Crippen LogP contribution >= 0.6 is 0 Å². The molecule has 0 radical (unpaired) electrons. The Morgan fingerprint density at radius 3 is 1.24 bits per heavy atom. The number of ketones is 1. The number of rotatable bonds is 7. The number of nitrogens with one attached hydrogen (secondary N) is 6. The molecule has 826 valence electrons. The highest BCUT2D eigenvalue weighted by atomic mass is 32.2. The van der Waals surface area contributed by atoms with Crippen LogP contribution in [0.3, 0.4) is 0 Å². The Labute approximate surface area is 892 Å². The van der Waals surface area contributed by atoms with E-state index in [-0.39, 0.29) is 51.8 Å². The monoisotopic (exact) mass is 2060 g/mol. The van der Waals surface area contributed by atoms with Crippen LogP contribution in [0.25, 0.3) is 0 Å². The van der Waals surface area contributed by atoms with E-state index in [1.807, 2.05) is 31.9 Å². The summed E-state index contributed by atoms with van der Waals surface area (Å²) in [5.74, 6) is 18.3. The maximum Gasteiger partial charge on any atom is 0.373 e. The highest BCUT2D eigenvalue weighted by Gasteiger charge is 2.68. The largest absolute Gasteiger partial charge is 0.373 e. The molecule has 0 unspecified atom stereocenters. The van der Waals surface area contributed by atoms with Crippen molar-refractivity contribution in [1.29, 1.82) is 0 Å². The highest BCUT2D eigenvalue weighted by Crippen LogP contribution is 2.72. The van der Waals surface area contributed by atoms with E-state index < -0.39 is 10.2 Å². The predicted molar refractivity (Wildman–Crippen MR) is 582 cm³/mol. The van der Waals surface area contributed by atoms with Crippen LogP contribution in [0.4, 0.5) is 0 Å². The molecular formula is C125H199N11O11S. The number of carbonyl (C=O) groups is 3. The normalized spacial score (nSPS) is 49.0. The average molecular weight is 2060 g/mol. The van der Waals surface area contributed by atoms with Gasteiger partial charge in [-0.3, -0.25) is 19.3 Å². The molecule has 0 aromatic carbocycles. The minimum Gasteiger partial charge on any atom is -0.369 e. The smallest absolute Gasteiger partial charge is 0.369 e. The summed E-state index contributed by atoms with van der Waals surface area (Å²) in [7, 11) is -3.63. The van der Waals surface area contributed by atoms with Gasteiger partial charge in [0.15, 0.2) is 0 Å². The van der Waals surface area contributed by atoms with E-state index >= 15 is 0 Å². The molecule has 23 heteroatoms. The second-order valence-electron chi connectivity index (χ2n) is 58.6. The quantitative estimate of drug-likeness (QED) is 0.125. The molecule has 9 heterocycles. The molecule has 16 aliphatic carbocycles. The molecule has 1 aromatic heterocycles. The zero-order valence-electron chi connectivity index (χ0n) is 95.6. The lowest BCUT2D eigenvalue weighted by Crippen LogP contribution is -2.54. The minimum atomic E-state index is -3.63. The van der Waals surface area contributed by atoms with Gasteiger partial charge in [-0.2, -0.15) is 22.7 Å². The van der Waals surface area contributed by atoms with E-state index in [4.69, 9.17) is 33.7 Å². The number of carbonyl (C=O) groups excluding carboxylic acids is 5. The first-order chi connectivity index (χ1) is 70.2. The third-order valence-electron chi connectivity index (χ3n) is 49.6. The molecule has 1 aromatic rings. The maximum atomic E-state index is 12.5. The Morgan fingerprint density at radius 2 is 0.845 bits per heavy atom. The number of Topliss-reactive ketones (excluding diaryl/α,β-unsaturated/α-hetero) is 1. The first kappa shape index (κ1) is 109. The van der Waals surface area contributed by atoms with Gasteiger partial charge >= 0.3 is 6.15 Å². The second kappa shape index (κ2) is 41.5. The Hall–Kier alpha value is -4.36. The molecule has 25 rings (SSSR count). The van der Waals surface area contributed by atoms with E-state index in [2.05, 4.69) is 175 Å². The number of piperidine rings is 4. The van der Waals surface area contributed by atoms with E-state index in [0.717, 1.165) is 197 Å². The molecule has 148 heavy (non-hydrogen) atoms. The molecule has 12 saturated carbocycles. The maximum absolute atomic E-state index is 12.5. The summed E-state index contributed by atoms with van der Waals surface area (Å²) in [5.41, 5.74) is 16.3. The van der Waals surface area contributed by atoms with Gasteiger partial charge < -0.3 is 45.5 Å². The molecular weight excluding hydrogens is 1860 g/mol. The Balaban J connectivity index is 0.000000115. The highest BCUT2D eigenvalue weighted by molar-refractivity contribution is 7.87. The summed E-state index contributed by atoms with van der Waals surface area (Å²) < 4.78 is 56.6. The fourth-order valence-electron chi connectivity index (χ4n) is 41.8. The van der Waals surface area contributed by atoms with E-state index in [9.17, 15) is 22.8 Å². The van der Waals surface area contributed by atoms with E-state index in [0.29, 0.717) is 142 Å². The lowest BCUT2D eigenvalue weighted by molar-refractivity contribution is -0.191. The number of ether oxygens (including phenoxy) is 4. The predicted octanol–water partition coefficient (Wildman–Crippen LogP) is 22.1. The average Bonchev–Trinajstić information content (AvgIpc) is 1.57. The summed E-state index contributed by atoms with van der Waals surface area (Å²) in [6.45, 7) is 55.5. The van der Waals surface area contributed by atoms with Crippen molar-refractivity contribution in [2.75, 3.05) is 39.3 Å².